The molecule has 1 aromatic carbocycles. The summed E-state index contributed by atoms with van der Waals surface area (Å²) in [5.41, 5.74) is 0.334. The van der Waals surface area contributed by atoms with E-state index in [1.807, 2.05) is 0 Å². The van der Waals surface area contributed by atoms with Gasteiger partial charge in [-0.15, -0.1) is 0 Å². The van der Waals surface area contributed by atoms with Crippen molar-refractivity contribution in [3.63, 3.8) is 0 Å². The lowest BCUT2D eigenvalue weighted by Crippen LogP contribution is -2.27. The van der Waals surface area contributed by atoms with E-state index in [2.05, 4.69) is 4.74 Å². The number of methoxy groups -OCH3 is 1. The summed E-state index contributed by atoms with van der Waals surface area (Å²) in [4.78, 5) is 22.2. The minimum Gasteiger partial charge on any atom is -0.464 e. The molecule has 0 saturated heterocycles. The normalized spacial score (nSPS) is 11.0. The van der Waals surface area contributed by atoms with E-state index in [1.54, 1.807) is 18.2 Å². The van der Waals surface area contributed by atoms with Crippen molar-refractivity contribution in [3.8, 4) is 0 Å². The molecule has 0 aliphatic carbocycles. The zero-order valence-corrected chi connectivity index (χ0v) is 9.80. The molecule has 3 nitrogen and oxygen atoms in total. The standard InChI is InChI=1S/C11H10F2O3S/c1-16-10(15)11(12,13)17-7-9(14)8-5-3-2-4-6-8/h2-6H,7H2,1H3. The summed E-state index contributed by atoms with van der Waals surface area (Å²) < 4.78 is 30.0. The molecule has 6 heteroatoms. The maximum absolute atomic E-state index is 13.0. The van der Waals surface area contributed by atoms with Crippen LogP contribution < -0.4 is 0 Å². The molecule has 92 valence electrons. The molecule has 0 amide bonds. The van der Waals surface area contributed by atoms with E-state index < -0.39 is 22.8 Å². The number of ether oxygens (including phenoxy) is 1. The van der Waals surface area contributed by atoms with Gasteiger partial charge < -0.3 is 4.74 Å². The van der Waals surface area contributed by atoms with E-state index in [9.17, 15) is 18.4 Å². The zero-order chi connectivity index (χ0) is 12.9. The monoisotopic (exact) mass is 260 g/mol. The van der Waals surface area contributed by atoms with Crippen molar-refractivity contribution in [2.24, 2.45) is 0 Å². The van der Waals surface area contributed by atoms with E-state index in [0.717, 1.165) is 7.11 Å². The highest BCUT2D eigenvalue weighted by Gasteiger charge is 2.41. The maximum atomic E-state index is 13.0. The molecule has 0 fully saturated rings. The van der Waals surface area contributed by atoms with Crippen molar-refractivity contribution in [2.75, 3.05) is 12.9 Å². The number of alkyl halides is 2. The number of ketones is 1. The summed E-state index contributed by atoms with van der Waals surface area (Å²) >= 11 is -0.0431. The Hall–Kier alpha value is -1.43. The van der Waals surface area contributed by atoms with E-state index in [-0.39, 0.29) is 11.8 Å². The molecule has 0 atom stereocenters. The van der Waals surface area contributed by atoms with Gasteiger partial charge in [0.15, 0.2) is 5.78 Å². The molecule has 1 aromatic rings. The van der Waals surface area contributed by atoms with Gasteiger partial charge in [-0.3, -0.25) is 4.79 Å². The molecule has 0 aromatic heterocycles. The molecule has 1 rings (SSSR count). The third kappa shape index (κ3) is 3.81. The summed E-state index contributed by atoms with van der Waals surface area (Å²) in [6.45, 7) is 0. The molecule has 17 heavy (non-hydrogen) atoms. The molecule has 0 radical (unpaired) electrons. The number of rotatable bonds is 5. The number of carbonyl (C=O) groups is 2. The fourth-order valence-corrected chi connectivity index (χ4v) is 1.72. The minimum atomic E-state index is -3.70. The van der Waals surface area contributed by atoms with Crippen LogP contribution in [0.1, 0.15) is 10.4 Å². The first-order valence-electron chi connectivity index (χ1n) is 4.66. The molecule has 0 heterocycles. The number of esters is 1. The summed E-state index contributed by atoms with van der Waals surface area (Å²) in [7, 11) is 0.871. The van der Waals surface area contributed by atoms with Crippen molar-refractivity contribution in [3.05, 3.63) is 35.9 Å². The van der Waals surface area contributed by atoms with Gasteiger partial charge in [0.1, 0.15) is 0 Å². The van der Waals surface area contributed by atoms with Gasteiger partial charge in [-0.25, -0.2) is 4.79 Å². The second-order valence-corrected chi connectivity index (χ2v) is 4.18. The largest absolute Gasteiger partial charge is 0.464 e. The molecule has 0 aliphatic heterocycles. The Morgan fingerprint density at radius 1 is 1.29 bits per heavy atom. The number of thioether (sulfide) groups is 1. The van der Waals surface area contributed by atoms with Gasteiger partial charge in [-0.05, 0) is 0 Å². The predicted octanol–water partition coefficient (Wildman–Crippen LogP) is 2.37. The van der Waals surface area contributed by atoms with E-state index >= 15 is 0 Å². The Kier molecular flexibility index (Phi) is 4.62. The fourth-order valence-electron chi connectivity index (χ4n) is 1.04. The first-order valence-corrected chi connectivity index (χ1v) is 5.64. The van der Waals surface area contributed by atoms with Crippen molar-refractivity contribution < 1.29 is 23.1 Å². The van der Waals surface area contributed by atoms with Gasteiger partial charge in [-0.2, -0.15) is 8.78 Å². The Morgan fingerprint density at radius 3 is 2.41 bits per heavy atom. The Balaban J connectivity index is 2.57. The highest BCUT2D eigenvalue weighted by atomic mass is 32.2. The molecule has 0 saturated carbocycles. The number of hydrogen-bond donors (Lipinski definition) is 0. The summed E-state index contributed by atoms with van der Waals surface area (Å²) in [5.74, 6) is -2.59. The average molecular weight is 260 g/mol. The highest BCUT2D eigenvalue weighted by molar-refractivity contribution is 8.01. The van der Waals surface area contributed by atoms with Crippen LogP contribution in [-0.2, 0) is 9.53 Å². The second kappa shape index (κ2) is 5.77. The van der Waals surface area contributed by atoms with E-state index in [0.29, 0.717) is 5.56 Å². The molecule has 0 N–H and O–H groups in total. The van der Waals surface area contributed by atoms with Crippen LogP contribution in [0.25, 0.3) is 0 Å². The van der Waals surface area contributed by atoms with Gasteiger partial charge in [0.2, 0.25) is 0 Å². The lowest BCUT2D eigenvalue weighted by molar-refractivity contribution is -0.156. The van der Waals surface area contributed by atoms with Gasteiger partial charge in [0.25, 0.3) is 0 Å². The van der Waals surface area contributed by atoms with Crippen LogP contribution in [0.4, 0.5) is 8.78 Å². The third-order valence-electron chi connectivity index (χ3n) is 1.90. The van der Waals surface area contributed by atoms with Crippen LogP contribution in [-0.4, -0.2) is 29.9 Å². The fraction of sp³-hybridized carbons (Fsp3) is 0.273. The Morgan fingerprint density at radius 2 is 1.88 bits per heavy atom. The summed E-state index contributed by atoms with van der Waals surface area (Å²) in [6, 6.07) is 8.04. The molecule has 0 aliphatic rings. The number of carbonyl (C=O) groups excluding carboxylic acids is 2. The first-order chi connectivity index (χ1) is 7.97. The maximum Gasteiger partial charge on any atom is 0.389 e. The zero-order valence-electron chi connectivity index (χ0n) is 8.98. The van der Waals surface area contributed by atoms with Crippen molar-refractivity contribution in [1.82, 2.24) is 0 Å². The number of benzene rings is 1. The predicted molar refractivity (Wildman–Crippen MR) is 60.2 cm³/mol. The lowest BCUT2D eigenvalue weighted by Gasteiger charge is -2.11. The van der Waals surface area contributed by atoms with Crippen molar-refractivity contribution >= 4 is 23.5 Å². The molecule has 0 spiro atoms. The summed E-state index contributed by atoms with van der Waals surface area (Å²) in [6.07, 6.45) is 0. The van der Waals surface area contributed by atoms with Crippen LogP contribution in [0.5, 0.6) is 0 Å². The lowest BCUT2D eigenvalue weighted by atomic mass is 10.2. The van der Waals surface area contributed by atoms with Crippen LogP contribution in [0.2, 0.25) is 0 Å². The summed E-state index contributed by atoms with van der Waals surface area (Å²) in [5, 5.41) is -3.70. The number of hydrogen-bond acceptors (Lipinski definition) is 4. The number of halogens is 2. The quantitative estimate of drug-likeness (QED) is 0.602. The topological polar surface area (TPSA) is 43.4 Å². The Bertz CT molecular complexity index is 406. The highest BCUT2D eigenvalue weighted by Crippen LogP contribution is 2.30. The minimum absolute atomic E-state index is 0.0431. The molecular formula is C11H10F2O3S. The van der Waals surface area contributed by atoms with Crippen LogP contribution in [0.3, 0.4) is 0 Å². The molecular weight excluding hydrogens is 250 g/mol. The first kappa shape index (κ1) is 13.6. The van der Waals surface area contributed by atoms with Gasteiger partial charge in [-0.1, -0.05) is 42.1 Å². The molecule has 0 bridgehead atoms. The average Bonchev–Trinajstić information content (AvgIpc) is 2.36. The molecule has 0 unspecified atom stereocenters. The number of Topliss-reactive ketones (excluding diaryl/α,β-unsaturated/α-hetero) is 1. The van der Waals surface area contributed by atoms with Crippen LogP contribution in [0, 0.1) is 0 Å². The van der Waals surface area contributed by atoms with Gasteiger partial charge in [0, 0.05) is 5.56 Å². The van der Waals surface area contributed by atoms with E-state index in [4.69, 9.17) is 0 Å². The van der Waals surface area contributed by atoms with E-state index in [1.165, 1.54) is 12.1 Å². The van der Waals surface area contributed by atoms with Gasteiger partial charge in [0.05, 0.1) is 12.9 Å². The Labute approximate surface area is 101 Å². The smallest absolute Gasteiger partial charge is 0.389 e. The third-order valence-corrected chi connectivity index (χ3v) is 2.84. The van der Waals surface area contributed by atoms with Crippen molar-refractivity contribution in [1.29, 1.82) is 0 Å². The van der Waals surface area contributed by atoms with Crippen LogP contribution >= 0.6 is 11.8 Å². The van der Waals surface area contributed by atoms with Gasteiger partial charge >= 0.3 is 11.2 Å². The SMILES string of the molecule is COC(=O)C(F)(F)SCC(=O)c1ccccc1. The van der Waals surface area contributed by atoms with Crippen molar-refractivity contribution in [2.45, 2.75) is 5.25 Å². The van der Waals surface area contributed by atoms with Crippen LogP contribution in [0.15, 0.2) is 30.3 Å². The second-order valence-electron chi connectivity index (χ2n) is 3.09.